The van der Waals surface area contributed by atoms with Crippen molar-refractivity contribution in [2.75, 3.05) is 68.0 Å². The zero-order valence-corrected chi connectivity index (χ0v) is 21.1. The molecule has 0 bridgehead atoms. The molecule has 0 saturated carbocycles. The average molecular weight is 506 g/mol. The molecule has 2 aliphatic heterocycles. The summed E-state index contributed by atoms with van der Waals surface area (Å²) in [6.45, 7) is 12.6. The molecule has 2 aromatic rings. The van der Waals surface area contributed by atoms with E-state index in [4.69, 9.17) is 4.74 Å². The van der Waals surface area contributed by atoms with Gasteiger partial charge in [0.15, 0.2) is 0 Å². The van der Waals surface area contributed by atoms with E-state index in [1.807, 2.05) is 0 Å². The second kappa shape index (κ2) is 10.2. The third-order valence-corrected chi connectivity index (χ3v) is 9.26. The molecule has 2 aromatic carbocycles. The highest BCUT2D eigenvalue weighted by Gasteiger charge is 2.30. The maximum absolute atomic E-state index is 12.9. The van der Waals surface area contributed by atoms with Gasteiger partial charge in [-0.2, -0.15) is 22.4 Å². The Morgan fingerprint density at radius 3 is 2.11 bits per heavy atom. The lowest BCUT2D eigenvalue weighted by Gasteiger charge is -2.39. The van der Waals surface area contributed by atoms with Gasteiger partial charge in [-0.15, -0.1) is 0 Å². The van der Waals surface area contributed by atoms with Gasteiger partial charge in [-0.05, 0) is 53.1 Å². The van der Waals surface area contributed by atoms with Gasteiger partial charge in [0.25, 0.3) is 0 Å². The van der Waals surface area contributed by atoms with Crippen LogP contribution in [0.5, 0.6) is 0 Å². The van der Waals surface area contributed by atoms with E-state index in [2.05, 4.69) is 58.1 Å². The second-order valence-corrected chi connectivity index (χ2v) is 12.2. The molecular formula is C27H34F3N3OS. The van der Waals surface area contributed by atoms with E-state index in [-0.39, 0.29) is 0 Å². The molecule has 190 valence electrons. The van der Waals surface area contributed by atoms with E-state index in [1.54, 1.807) is 12.1 Å². The highest BCUT2D eigenvalue weighted by molar-refractivity contribution is 8.27. The average Bonchev–Trinajstić information content (AvgIpc) is 2.88. The van der Waals surface area contributed by atoms with Crippen molar-refractivity contribution in [2.45, 2.75) is 18.0 Å². The summed E-state index contributed by atoms with van der Waals surface area (Å²) in [5.41, 5.74) is 3.41. The van der Waals surface area contributed by atoms with Crippen LogP contribution in [0.15, 0.2) is 53.9 Å². The van der Waals surface area contributed by atoms with Gasteiger partial charge in [0.1, 0.15) is 0 Å². The van der Waals surface area contributed by atoms with Gasteiger partial charge in [-0.25, -0.2) is 0 Å². The Morgan fingerprint density at radius 2 is 1.54 bits per heavy atom. The van der Waals surface area contributed by atoms with Gasteiger partial charge in [-0.1, -0.05) is 25.2 Å². The molecule has 2 heterocycles. The number of piperazine rings is 1. The summed E-state index contributed by atoms with van der Waals surface area (Å²) in [7, 11) is -1.38. The molecule has 4 rings (SSSR count). The lowest BCUT2D eigenvalue weighted by Crippen LogP contribution is -2.45. The molecular weight excluding hydrogens is 471 g/mol. The van der Waals surface area contributed by atoms with E-state index in [0.29, 0.717) is 26.3 Å². The largest absolute Gasteiger partial charge is 0.416 e. The van der Waals surface area contributed by atoms with Crippen molar-refractivity contribution in [1.29, 1.82) is 0 Å². The van der Waals surface area contributed by atoms with Crippen LogP contribution in [0.4, 0.5) is 24.5 Å². The zero-order chi connectivity index (χ0) is 25.2. The minimum absolute atomic E-state index is 0.620. The smallest absolute Gasteiger partial charge is 0.378 e. The Morgan fingerprint density at radius 1 is 0.914 bits per heavy atom. The fraction of sp³-hybridized carbons (Fsp3) is 0.407. The van der Waals surface area contributed by atoms with Crippen molar-refractivity contribution in [3.8, 4) is 0 Å². The molecule has 0 amide bonds. The number of anilines is 2. The number of rotatable bonds is 6. The lowest BCUT2D eigenvalue weighted by molar-refractivity contribution is -0.137. The predicted molar refractivity (Wildman–Crippen MR) is 144 cm³/mol. The van der Waals surface area contributed by atoms with Crippen LogP contribution in [0, 0.1) is 0 Å². The minimum Gasteiger partial charge on any atom is -0.378 e. The molecule has 8 heteroatoms. The van der Waals surface area contributed by atoms with Crippen molar-refractivity contribution >= 4 is 38.0 Å². The first-order valence-electron chi connectivity index (χ1n) is 11.9. The molecule has 0 radical (unpaired) electrons. The number of morpholine rings is 1. The summed E-state index contributed by atoms with van der Waals surface area (Å²) in [5, 5.41) is 0. The van der Waals surface area contributed by atoms with Crippen molar-refractivity contribution in [2.24, 2.45) is 0 Å². The third-order valence-electron chi connectivity index (χ3n) is 6.90. The van der Waals surface area contributed by atoms with Gasteiger partial charge >= 0.3 is 6.18 Å². The first kappa shape index (κ1) is 25.5. The Kier molecular flexibility index (Phi) is 7.43. The molecule has 0 aliphatic carbocycles. The maximum Gasteiger partial charge on any atom is 0.416 e. The van der Waals surface area contributed by atoms with Crippen LogP contribution in [0.1, 0.15) is 18.1 Å². The van der Waals surface area contributed by atoms with E-state index < -0.39 is 20.9 Å². The molecule has 0 aromatic heterocycles. The van der Waals surface area contributed by atoms with E-state index in [1.165, 1.54) is 0 Å². The molecule has 35 heavy (non-hydrogen) atoms. The van der Waals surface area contributed by atoms with Gasteiger partial charge < -0.3 is 19.4 Å². The van der Waals surface area contributed by atoms with E-state index in [9.17, 15) is 13.2 Å². The molecule has 0 N–H and O–H groups in total. The number of hydrogen-bond acceptors (Lipinski definition) is 4. The Hall–Kier alpha value is -2.58. The van der Waals surface area contributed by atoms with Crippen LogP contribution < -0.4 is 9.80 Å². The number of benzene rings is 2. The van der Waals surface area contributed by atoms with Crippen LogP contribution >= 0.6 is 9.21 Å². The van der Waals surface area contributed by atoms with Crippen molar-refractivity contribution < 1.29 is 17.9 Å². The summed E-state index contributed by atoms with van der Waals surface area (Å²) in [5.74, 6) is 9.70. The molecule has 2 saturated heterocycles. The van der Waals surface area contributed by atoms with Crippen LogP contribution in [-0.2, 0) is 10.9 Å². The van der Waals surface area contributed by atoms with Crippen molar-refractivity contribution in [3.63, 3.8) is 0 Å². The molecule has 2 aliphatic rings. The summed E-state index contributed by atoms with van der Waals surface area (Å²) >= 11 is 0. The number of nitrogens with zero attached hydrogens (tertiary/aromatic N) is 3. The Labute approximate surface area is 207 Å². The van der Waals surface area contributed by atoms with E-state index in [0.717, 1.165) is 71.6 Å². The summed E-state index contributed by atoms with van der Waals surface area (Å²) in [4.78, 5) is 7.92. The number of alkyl halides is 3. The topological polar surface area (TPSA) is 19.0 Å². The van der Waals surface area contributed by atoms with Crippen LogP contribution in [0.2, 0.25) is 0 Å². The number of halogens is 3. The Bertz CT molecular complexity index is 1150. The van der Waals surface area contributed by atoms with Crippen LogP contribution in [0.3, 0.4) is 0 Å². The fourth-order valence-corrected chi connectivity index (χ4v) is 5.59. The number of ether oxygens (including phenoxy) is 1. The van der Waals surface area contributed by atoms with Crippen molar-refractivity contribution in [1.82, 2.24) is 4.90 Å². The SMILES string of the molecule is C=C(c1cc(S(=C)(=C)CC)ccc1N1CCOCC1)N1CCN(c2ccc(C(F)(F)F)cc2)CC1. The van der Waals surface area contributed by atoms with Crippen LogP contribution in [0.25, 0.3) is 5.70 Å². The van der Waals surface area contributed by atoms with Gasteiger partial charge in [-0.3, -0.25) is 0 Å². The summed E-state index contributed by atoms with van der Waals surface area (Å²) in [6, 6.07) is 12.0. The fourth-order valence-electron chi connectivity index (χ4n) is 4.53. The third kappa shape index (κ3) is 5.64. The number of hydrogen-bond donors (Lipinski definition) is 0. The molecule has 0 unspecified atom stereocenters. The molecule has 0 spiro atoms. The van der Waals surface area contributed by atoms with Crippen molar-refractivity contribution in [3.05, 3.63) is 60.2 Å². The monoisotopic (exact) mass is 505 g/mol. The standard InChI is InChI=1S/C27H34F3N3OS/c1-5-35(3,4)24-10-11-26(33-16-18-34-19-17-33)25(20-24)21(2)31-12-14-32(15-13-31)23-8-6-22(7-9-23)27(28,29)30/h6-11,20H,2-5,12-19H2,1H3. The van der Waals surface area contributed by atoms with Crippen LogP contribution in [-0.4, -0.2) is 74.9 Å². The molecule has 2 fully saturated rings. The normalized spacial score (nSPS) is 17.5. The highest BCUT2D eigenvalue weighted by Crippen LogP contribution is 2.38. The van der Waals surface area contributed by atoms with Gasteiger partial charge in [0.05, 0.1) is 18.8 Å². The Balaban J connectivity index is 1.53. The first-order chi connectivity index (χ1) is 16.6. The lowest BCUT2D eigenvalue weighted by atomic mass is 10.1. The minimum atomic E-state index is -4.32. The van der Waals surface area contributed by atoms with E-state index >= 15 is 0 Å². The van der Waals surface area contributed by atoms with Gasteiger partial charge in [0, 0.05) is 61.9 Å². The molecule has 0 atom stereocenters. The highest BCUT2D eigenvalue weighted by atomic mass is 32.2. The summed E-state index contributed by atoms with van der Waals surface area (Å²) < 4.78 is 44.3. The predicted octanol–water partition coefficient (Wildman–Crippen LogP) is 5.38. The zero-order valence-electron chi connectivity index (χ0n) is 20.3. The second-order valence-electron chi connectivity index (χ2n) is 9.08. The first-order valence-corrected chi connectivity index (χ1v) is 14.0. The van der Waals surface area contributed by atoms with Gasteiger partial charge in [0.2, 0.25) is 0 Å². The molecule has 4 nitrogen and oxygen atoms in total. The summed E-state index contributed by atoms with van der Waals surface area (Å²) in [6.07, 6.45) is -4.32. The maximum atomic E-state index is 12.9. The quantitative estimate of drug-likeness (QED) is 0.491.